The summed E-state index contributed by atoms with van der Waals surface area (Å²) in [7, 11) is 0. The third-order valence-electron chi connectivity index (χ3n) is 3.13. The SMILES string of the molecule is CC(C)[C@@H](CO)Nc1ccnc(Nc2cccc(N)c2)n1. The topological polar surface area (TPSA) is 96.1 Å². The molecule has 0 bridgehead atoms. The highest BCUT2D eigenvalue weighted by molar-refractivity contribution is 5.60. The summed E-state index contributed by atoms with van der Waals surface area (Å²) in [4.78, 5) is 8.56. The van der Waals surface area contributed by atoms with Gasteiger partial charge < -0.3 is 21.5 Å². The molecule has 1 heterocycles. The van der Waals surface area contributed by atoms with Gasteiger partial charge in [-0.15, -0.1) is 0 Å². The Morgan fingerprint density at radius 1 is 1.29 bits per heavy atom. The van der Waals surface area contributed by atoms with E-state index in [1.54, 1.807) is 12.3 Å². The van der Waals surface area contributed by atoms with E-state index in [-0.39, 0.29) is 12.6 Å². The van der Waals surface area contributed by atoms with Gasteiger partial charge >= 0.3 is 0 Å². The summed E-state index contributed by atoms with van der Waals surface area (Å²) < 4.78 is 0. The van der Waals surface area contributed by atoms with Gasteiger partial charge in [-0.3, -0.25) is 0 Å². The molecule has 6 heteroatoms. The monoisotopic (exact) mass is 287 g/mol. The van der Waals surface area contributed by atoms with Crippen molar-refractivity contribution in [1.82, 2.24) is 9.97 Å². The van der Waals surface area contributed by atoms with E-state index in [4.69, 9.17) is 5.73 Å². The second-order valence-corrected chi connectivity index (χ2v) is 5.19. The van der Waals surface area contributed by atoms with Crippen LogP contribution in [0.25, 0.3) is 0 Å². The Bertz CT molecular complexity index is 588. The van der Waals surface area contributed by atoms with Crippen LogP contribution in [0.2, 0.25) is 0 Å². The number of benzene rings is 1. The van der Waals surface area contributed by atoms with Crippen molar-refractivity contribution in [1.29, 1.82) is 0 Å². The number of hydrogen-bond acceptors (Lipinski definition) is 6. The van der Waals surface area contributed by atoms with E-state index in [0.29, 0.717) is 23.4 Å². The van der Waals surface area contributed by atoms with Gasteiger partial charge in [0.2, 0.25) is 5.95 Å². The molecule has 21 heavy (non-hydrogen) atoms. The van der Waals surface area contributed by atoms with Crippen molar-refractivity contribution in [2.24, 2.45) is 5.92 Å². The number of nitrogens with one attached hydrogen (secondary N) is 2. The maximum Gasteiger partial charge on any atom is 0.229 e. The van der Waals surface area contributed by atoms with Crippen LogP contribution in [0.4, 0.5) is 23.1 Å². The maximum atomic E-state index is 9.36. The molecule has 0 aliphatic carbocycles. The Morgan fingerprint density at radius 2 is 2.10 bits per heavy atom. The molecule has 0 amide bonds. The van der Waals surface area contributed by atoms with Gasteiger partial charge in [0.15, 0.2) is 0 Å². The first-order valence-electron chi connectivity index (χ1n) is 6.91. The molecule has 0 saturated heterocycles. The van der Waals surface area contributed by atoms with Crippen LogP contribution in [0.1, 0.15) is 13.8 Å². The first kappa shape index (κ1) is 15.1. The molecule has 0 aliphatic heterocycles. The summed E-state index contributed by atoms with van der Waals surface area (Å²) in [6, 6.07) is 9.12. The molecule has 1 aromatic carbocycles. The zero-order chi connectivity index (χ0) is 15.2. The predicted molar refractivity (Wildman–Crippen MR) is 85.5 cm³/mol. The number of aliphatic hydroxyl groups is 1. The van der Waals surface area contributed by atoms with E-state index in [1.807, 2.05) is 38.1 Å². The first-order chi connectivity index (χ1) is 10.1. The van der Waals surface area contributed by atoms with Crippen LogP contribution in [0, 0.1) is 5.92 Å². The van der Waals surface area contributed by atoms with E-state index >= 15 is 0 Å². The molecule has 2 rings (SSSR count). The quantitative estimate of drug-likeness (QED) is 0.608. The lowest BCUT2D eigenvalue weighted by molar-refractivity contribution is 0.249. The van der Waals surface area contributed by atoms with Crippen molar-refractivity contribution < 1.29 is 5.11 Å². The van der Waals surface area contributed by atoms with Crippen molar-refractivity contribution in [3.8, 4) is 0 Å². The molecule has 0 aliphatic rings. The Balaban J connectivity index is 2.10. The van der Waals surface area contributed by atoms with Crippen LogP contribution in [0.5, 0.6) is 0 Å². The molecule has 1 atom stereocenters. The Labute approximate surface area is 124 Å². The molecule has 0 saturated carbocycles. The lowest BCUT2D eigenvalue weighted by Gasteiger charge is -2.20. The van der Waals surface area contributed by atoms with Crippen molar-refractivity contribution in [2.45, 2.75) is 19.9 Å². The summed E-state index contributed by atoms with van der Waals surface area (Å²) in [5.41, 5.74) is 7.24. The average molecular weight is 287 g/mol. The fourth-order valence-electron chi connectivity index (χ4n) is 1.86. The highest BCUT2D eigenvalue weighted by Gasteiger charge is 2.12. The number of nitrogens with two attached hydrogens (primary N) is 1. The van der Waals surface area contributed by atoms with E-state index < -0.39 is 0 Å². The average Bonchev–Trinajstić information content (AvgIpc) is 2.45. The molecule has 0 unspecified atom stereocenters. The summed E-state index contributed by atoms with van der Waals surface area (Å²) in [5, 5.41) is 15.7. The Hall–Kier alpha value is -2.34. The molecule has 0 spiro atoms. The Kier molecular flexibility index (Phi) is 4.94. The van der Waals surface area contributed by atoms with E-state index in [9.17, 15) is 5.11 Å². The van der Waals surface area contributed by atoms with Gasteiger partial charge in [-0.25, -0.2) is 4.98 Å². The molecule has 6 nitrogen and oxygen atoms in total. The minimum absolute atomic E-state index is 0.0416. The van der Waals surface area contributed by atoms with E-state index in [1.165, 1.54) is 0 Å². The summed E-state index contributed by atoms with van der Waals surface area (Å²) in [6.45, 7) is 4.14. The fourth-order valence-corrected chi connectivity index (χ4v) is 1.86. The van der Waals surface area contributed by atoms with Crippen LogP contribution in [-0.2, 0) is 0 Å². The van der Waals surface area contributed by atoms with Gasteiger partial charge in [0.1, 0.15) is 5.82 Å². The zero-order valence-electron chi connectivity index (χ0n) is 12.2. The minimum atomic E-state index is -0.0416. The lowest BCUT2D eigenvalue weighted by atomic mass is 10.1. The normalized spacial score (nSPS) is 12.2. The maximum absolute atomic E-state index is 9.36. The van der Waals surface area contributed by atoms with Crippen LogP contribution in [-0.4, -0.2) is 27.7 Å². The van der Waals surface area contributed by atoms with Crippen molar-refractivity contribution >= 4 is 23.1 Å². The number of anilines is 4. The van der Waals surface area contributed by atoms with E-state index in [2.05, 4.69) is 20.6 Å². The standard InChI is InChI=1S/C15H21N5O/c1-10(2)13(9-21)19-14-6-7-17-15(20-14)18-12-5-3-4-11(16)8-12/h3-8,10,13,21H,9,16H2,1-2H3,(H2,17,18,19,20)/t13-/m1/s1. The molecule has 2 aromatic rings. The van der Waals surface area contributed by atoms with Crippen molar-refractivity contribution in [3.05, 3.63) is 36.5 Å². The number of aliphatic hydroxyl groups excluding tert-OH is 1. The van der Waals surface area contributed by atoms with Gasteiger partial charge in [-0.1, -0.05) is 19.9 Å². The molecular weight excluding hydrogens is 266 g/mol. The molecule has 112 valence electrons. The van der Waals surface area contributed by atoms with Gasteiger partial charge in [0.25, 0.3) is 0 Å². The second-order valence-electron chi connectivity index (χ2n) is 5.19. The van der Waals surface area contributed by atoms with Crippen LogP contribution in [0.15, 0.2) is 36.5 Å². The zero-order valence-corrected chi connectivity index (χ0v) is 12.2. The highest BCUT2D eigenvalue weighted by atomic mass is 16.3. The molecule has 5 N–H and O–H groups in total. The molecular formula is C15H21N5O. The number of hydrogen-bond donors (Lipinski definition) is 4. The molecule has 0 radical (unpaired) electrons. The van der Waals surface area contributed by atoms with Crippen molar-refractivity contribution in [2.75, 3.05) is 23.0 Å². The predicted octanol–water partition coefficient (Wildman–Crippen LogP) is 2.23. The third-order valence-corrected chi connectivity index (χ3v) is 3.13. The van der Waals surface area contributed by atoms with Gasteiger partial charge in [0, 0.05) is 17.6 Å². The van der Waals surface area contributed by atoms with Crippen molar-refractivity contribution in [3.63, 3.8) is 0 Å². The molecule has 1 aromatic heterocycles. The highest BCUT2D eigenvalue weighted by Crippen LogP contribution is 2.17. The fraction of sp³-hybridized carbons (Fsp3) is 0.333. The Morgan fingerprint density at radius 3 is 2.76 bits per heavy atom. The van der Waals surface area contributed by atoms with Gasteiger partial charge in [-0.05, 0) is 30.2 Å². The smallest absolute Gasteiger partial charge is 0.229 e. The number of nitrogen functional groups attached to an aromatic ring is 1. The summed E-state index contributed by atoms with van der Waals surface area (Å²) >= 11 is 0. The van der Waals surface area contributed by atoms with Gasteiger partial charge in [-0.2, -0.15) is 4.98 Å². The minimum Gasteiger partial charge on any atom is -0.399 e. The number of aromatic nitrogens is 2. The summed E-state index contributed by atoms with van der Waals surface area (Å²) in [6.07, 6.45) is 1.67. The molecule has 0 fully saturated rings. The number of rotatable bonds is 6. The first-order valence-corrected chi connectivity index (χ1v) is 6.91. The van der Waals surface area contributed by atoms with Crippen LogP contribution in [0.3, 0.4) is 0 Å². The summed E-state index contributed by atoms with van der Waals surface area (Å²) in [5.74, 6) is 1.45. The van der Waals surface area contributed by atoms with Gasteiger partial charge in [0.05, 0.1) is 12.6 Å². The van der Waals surface area contributed by atoms with Crippen LogP contribution < -0.4 is 16.4 Å². The lowest BCUT2D eigenvalue weighted by Crippen LogP contribution is -2.29. The number of nitrogens with zero attached hydrogens (tertiary/aromatic N) is 2. The largest absolute Gasteiger partial charge is 0.399 e. The third kappa shape index (κ3) is 4.32. The van der Waals surface area contributed by atoms with Crippen LogP contribution >= 0.6 is 0 Å². The second kappa shape index (κ2) is 6.90. The van der Waals surface area contributed by atoms with E-state index in [0.717, 1.165) is 5.69 Å².